The Kier molecular flexibility index (Phi) is 6.97. The molecule has 1 aromatic heterocycles. The molecule has 0 spiro atoms. The van der Waals surface area contributed by atoms with E-state index >= 15 is 0 Å². The molecule has 8 nitrogen and oxygen atoms in total. The maximum atomic E-state index is 13.9. The lowest BCUT2D eigenvalue weighted by atomic mass is 9.96. The van der Waals surface area contributed by atoms with Crippen molar-refractivity contribution < 1.29 is 27.1 Å². The highest BCUT2D eigenvalue weighted by atomic mass is 32.2. The molecule has 2 aromatic carbocycles. The first-order valence-electron chi connectivity index (χ1n) is 11.0. The molecule has 2 heterocycles. The van der Waals surface area contributed by atoms with Gasteiger partial charge in [-0.3, -0.25) is 9.36 Å². The second-order valence-corrected chi connectivity index (χ2v) is 10.5. The molecule has 0 saturated carbocycles. The lowest BCUT2D eigenvalue weighted by molar-refractivity contribution is 0.0922. The van der Waals surface area contributed by atoms with E-state index in [1.165, 1.54) is 39.8 Å². The van der Waals surface area contributed by atoms with E-state index in [0.29, 0.717) is 37.4 Å². The van der Waals surface area contributed by atoms with Gasteiger partial charge in [0.1, 0.15) is 19.7 Å². The Morgan fingerprint density at radius 2 is 1.74 bits per heavy atom. The van der Waals surface area contributed by atoms with Crippen molar-refractivity contribution in [1.82, 2.24) is 9.47 Å². The minimum atomic E-state index is -3.32. The molecular formula is C24H24BFN2O6S. The topological polar surface area (TPSA) is 94.9 Å². The summed E-state index contributed by atoms with van der Waals surface area (Å²) in [5.41, 5.74) is 0.944. The summed E-state index contributed by atoms with van der Waals surface area (Å²) in [6.07, 6.45) is 2.94. The van der Waals surface area contributed by atoms with E-state index in [4.69, 9.17) is 9.47 Å². The average molecular weight is 498 g/mol. The number of likely N-dealkylation sites (tertiary alicyclic amines) is 1. The molecule has 1 amide bonds. The molecule has 35 heavy (non-hydrogen) atoms. The highest BCUT2D eigenvalue weighted by Crippen LogP contribution is 2.21. The number of amides is 1. The number of hydrogen-bond acceptors (Lipinski definition) is 6. The van der Waals surface area contributed by atoms with Gasteiger partial charge in [-0.05, 0) is 42.5 Å². The molecule has 4 rings (SSSR count). The molecule has 0 N–H and O–H groups in total. The number of carbonyl (C=O) groups is 1. The summed E-state index contributed by atoms with van der Waals surface area (Å²) in [6, 6.07) is 13.5. The highest BCUT2D eigenvalue weighted by Gasteiger charge is 2.26. The first-order chi connectivity index (χ1) is 16.6. The zero-order valence-electron chi connectivity index (χ0n) is 19.3. The smallest absolute Gasteiger partial charge is 0.415 e. The second kappa shape index (κ2) is 9.95. The predicted molar refractivity (Wildman–Crippen MR) is 131 cm³/mol. The minimum Gasteiger partial charge on any atom is -0.490 e. The lowest BCUT2D eigenvalue weighted by Gasteiger charge is -2.31. The van der Waals surface area contributed by atoms with Crippen LogP contribution in [-0.4, -0.2) is 57.3 Å². The van der Waals surface area contributed by atoms with E-state index in [-0.39, 0.29) is 22.3 Å². The van der Waals surface area contributed by atoms with E-state index in [9.17, 15) is 22.4 Å². The van der Waals surface area contributed by atoms with Gasteiger partial charge in [0.05, 0.1) is 4.90 Å². The Balaban J connectivity index is 1.34. The van der Waals surface area contributed by atoms with Crippen molar-refractivity contribution in [2.75, 3.05) is 19.3 Å². The number of hydrogen-bond donors (Lipinski definition) is 0. The van der Waals surface area contributed by atoms with E-state index in [2.05, 4.69) is 0 Å². The third kappa shape index (κ3) is 5.91. The Morgan fingerprint density at radius 1 is 1.06 bits per heavy atom. The number of rotatable bonds is 5. The van der Waals surface area contributed by atoms with Crippen LogP contribution in [0.1, 0.15) is 12.8 Å². The van der Waals surface area contributed by atoms with Crippen LogP contribution < -0.4 is 20.5 Å². The zero-order chi connectivity index (χ0) is 25.2. The van der Waals surface area contributed by atoms with E-state index < -0.39 is 21.7 Å². The van der Waals surface area contributed by atoms with Gasteiger partial charge in [-0.2, -0.15) is 0 Å². The van der Waals surface area contributed by atoms with Crippen molar-refractivity contribution in [2.45, 2.75) is 23.8 Å². The monoisotopic (exact) mass is 498 g/mol. The normalized spacial score (nSPS) is 14.5. The van der Waals surface area contributed by atoms with Crippen molar-refractivity contribution in [3.05, 3.63) is 77.0 Å². The number of piperidine rings is 1. The Hall–Kier alpha value is -3.60. The van der Waals surface area contributed by atoms with Crippen LogP contribution in [0.25, 0.3) is 5.69 Å². The van der Waals surface area contributed by atoms with Crippen molar-refractivity contribution >= 4 is 29.2 Å². The molecular weight excluding hydrogens is 474 g/mol. The van der Waals surface area contributed by atoms with Crippen LogP contribution in [0.3, 0.4) is 0 Å². The Labute approximate surface area is 203 Å². The average Bonchev–Trinajstić information content (AvgIpc) is 2.81. The predicted octanol–water partition coefficient (Wildman–Crippen LogP) is 1.68. The van der Waals surface area contributed by atoms with E-state index in [1.807, 2.05) is 0 Å². The summed E-state index contributed by atoms with van der Waals surface area (Å²) >= 11 is 0. The molecule has 182 valence electrons. The number of carbonyl (C=O) groups excluding carboxylic acids is 1. The number of pyridine rings is 1. The van der Waals surface area contributed by atoms with Crippen LogP contribution in [0.5, 0.6) is 11.5 Å². The fourth-order valence-electron chi connectivity index (χ4n) is 3.80. The SMILES string of the molecule is Bc1ccc(OC(=O)N2CCC(Oc3ccn(-c4ccc(S(C)(=O)=O)cc4)c(=O)c3)CC2)c(F)c1. The zero-order valence-corrected chi connectivity index (χ0v) is 20.1. The van der Waals surface area contributed by atoms with Crippen LogP contribution in [0.4, 0.5) is 9.18 Å². The Morgan fingerprint density at radius 3 is 2.34 bits per heavy atom. The first-order valence-corrected chi connectivity index (χ1v) is 12.9. The van der Waals surface area contributed by atoms with Gasteiger partial charge >= 0.3 is 6.09 Å². The summed E-state index contributed by atoms with van der Waals surface area (Å²) in [4.78, 5) is 26.6. The highest BCUT2D eigenvalue weighted by molar-refractivity contribution is 7.90. The summed E-state index contributed by atoms with van der Waals surface area (Å²) in [5, 5.41) is 0. The van der Waals surface area contributed by atoms with Crippen molar-refractivity contribution in [1.29, 1.82) is 0 Å². The van der Waals surface area contributed by atoms with Gasteiger partial charge in [0.2, 0.25) is 0 Å². The molecule has 3 aromatic rings. The largest absolute Gasteiger partial charge is 0.490 e. The molecule has 0 aliphatic carbocycles. The summed E-state index contributed by atoms with van der Waals surface area (Å²) in [7, 11) is -1.57. The fraction of sp³-hybridized carbons (Fsp3) is 0.250. The number of nitrogens with zero attached hydrogens (tertiary/aromatic N) is 2. The maximum Gasteiger partial charge on any atom is 0.415 e. The van der Waals surface area contributed by atoms with Gasteiger partial charge in [0, 0.05) is 50.1 Å². The van der Waals surface area contributed by atoms with E-state index in [1.54, 1.807) is 38.3 Å². The van der Waals surface area contributed by atoms with Gasteiger partial charge in [-0.15, -0.1) is 0 Å². The van der Waals surface area contributed by atoms with Gasteiger partial charge in [-0.25, -0.2) is 17.6 Å². The molecule has 1 aliphatic heterocycles. The standard InChI is InChI=1S/C24H24BFN2O6S/c1-35(31,32)20-5-3-17(4-6-20)28-13-10-19(15-23(28)29)33-18-8-11-27(12-9-18)24(30)34-22-7-2-16(25)14-21(22)26/h2-7,10,13-15,18H,8-9,11-12,25H2,1H3. The van der Waals surface area contributed by atoms with Crippen LogP contribution in [0, 0.1) is 5.82 Å². The first kappa shape index (κ1) is 24.5. The second-order valence-electron chi connectivity index (χ2n) is 8.44. The summed E-state index contributed by atoms with van der Waals surface area (Å²) in [5.74, 6) is -0.287. The number of aromatic nitrogens is 1. The van der Waals surface area contributed by atoms with Gasteiger partial charge in [0.25, 0.3) is 5.56 Å². The van der Waals surface area contributed by atoms with Crippen molar-refractivity contribution in [2.24, 2.45) is 0 Å². The molecule has 1 fully saturated rings. The Bertz CT molecular complexity index is 1400. The quantitative estimate of drug-likeness (QED) is 0.497. The number of benzene rings is 2. The molecule has 0 atom stereocenters. The van der Waals surface area contributed by atoms with Gasteiger partial charge < -0.3 is 14.4 Å². The minimum absolute atomic E-state index is 0.106. The van der Waals surface area contributed by atoms with Crippen LogP contribution >= 0.6 is 0 Å². The van der Waals surface area contributed by atoms with Gasteiger partial charge in [-0.1, -0.05) is 11.5 Å². The maximum absolute atomic E-state index is 13.9. The number of halogens is 1. The molecule has 1 aliphatic rings. The van der Waals surface area contributed by atoms with Gasteiger partial charge in [0.15, 0.2) is 21.4 Å². The molecule has 1 saturated heterocycles. The van der Waals surface area contributed by atoms with Crippen molar-refractivity contribution in [3.63, 3.8) is 0 Å². The van der Waals surface area contributed by atoms with E-state index in [0.717, 1.165) is 11.7 Å². The fourth-order valence-corrected chi connectivity index (χ4v) is 4.43. The van der Waals surface area contributed by atoms with Crippen LogP contribution in [-0.2, 0) is 9.84 Å². The molecule has 0 unspecified atom stereocenters. The molecule has 11 heteroatoms. The third-order valence-electron chi connectivity index (χ3n) is 5.72. The molecule has 0 radical (unpaired) electrons. The lowest BCUT2D eigenvalue weighted by Crippen LogP contribution is -2.43. The van der Waals surface area contributed by atoms with Crippen LogP contribution in [0.15, 0.2) is 70.5 Å². The van der Waals surface area contributed by atoms with Crippen molar-refractivity contribution in [3.8, 4) is 17.2 Å². The number of ether oxygens (including phenoxy) is 2. The number of sulfone groups is 1. The van der Waals surface area contributed by atoms with Crippen LogP contribution in [0.2, 0.25) is 0 Å². The summed E-state index contributed by atoms with van der Waals surface area (Å²) in [6.45, 7) is 0.751. The molecule has 0 bridgehead atoms. The third-order valence-corrected chi connectivity index (χ3v) is 6.85. The summed E-state index contributed by atoms with van der Waals surface area (Å²) < 4.78 is 49.7.